The third-order valence-electron chi connectivity index (χ3n) is 5.38. The number of hydrogen-bond donors (Lipinski definition) is 0. The van der Waals surface area contributed by atoms with Crippen LogP contribution in [0.3, 0.4) is 0 Å². The van der Waals surface area contributed by atoms with Gasteiger partial charge < -0.3 is 14.2 Å². The van der Waals surface area contributed by atoms with Gasteiger partial charge in [-0.15, -0.1) is 0 Å². The summed E-state index contributed by atoms with van der Waals surface area (Å²) in [5.41, 5.74) is 2.15. The maximum atomic E-state index is 12.7. The summed E-state index contributed by atoms with van der Waals surface area (Å²) in [4.78, 5) is 26.4. The number of nitrogens with zero attached hydrogens (tertiary/aromatic N) is 4. The normalized spacial score (nSPS) is 15.3. The van der Waals surface area contributed by atoms with E-state index in [9.17, 15) is 9.59 Å². The first kappa shape index (κ1) is 22.2. The average Bonchev–Trinajstić information content (AvgIpc) is 3.31. The summed E-state index contributed by atoms with van der Waals surface area (Å²) in [5, 5.41) is 5.04. The second-order valence-electron chi connectivity index (χ2n) is 8.05. The molecule has 8 heteroatoms. The summed E-state index contributed by atoms with van der Waals surface area (Å²) in [6.45, 7) is 8.11. The molecule has 30 heavy (non-hydrogen) atoms. The predicted molar refractivity (Wildman–Crippen MR) is 116 cm³/mol. The van der Waals surface area contributed by atoms with Crippen LogP contribution in [0.15, 0.2) is 24.4 Å². The Morgan fingerprint density at radius 3 is 2.67 bits per heavy atom. The van der Waals surface area contributed by atoms with Crippen molar-refractivity contribution in [3.05, 3.63) is 46.5 Å². The number of esters is 1. The van der Waals surface area contributed by atoms with Crippen molar-refractivity contribution < 1.29 is 14.3 Å². The van der Waals surface area contributed by atoms with Crippen molar-refractivity contribution >= 4 is 29.6 Å². The number of amides is 1. The van der Waals surface area contributed by atoms with Crippen molar-refractivity contribution in [3.63, 3.8) is 0 Å². The number of methoxy groups -OCH3 is 1. The molecule has 162 valence electrons. The van der Waals surface area contributed by atoms with Crippen molar-refractivity contribution in [1.82, 2.24) is 19.2 Å². The molecular formula is C22H29ClN4O3. The van der Waals surface area contributed by atoms with Gasteiger partial charge in [0.05, 0.1) is 12.8 Å². The highest BCUT2D eigenvalue weighted by Gasteiger charge is 2.25. The van der Waals surface area contributed by atoms with E-state index < -0.39 is 0 Å². The molecule has 7 nitrogen and oxygen atoms in total. The molecule has 0 aliphatic carbocycles. The van der Waals surface area contributed by atoms with E-state index in [1.54, 1.807) is 22.9 Å². The van der Waals surface area contributed by atoms with Gasteiger partial charge >= 0.3 is 5.97 Å². The number of likely N-dealkylation sites (tertiary alicyclic amines) is 1. The minimum Gasteiger partial charge on any atom is -0.464 e. The largest absolute Gasteiger partial charge is 0.464 e. The third kappa shape index (κ3) is 4.78. The lowest BCUT2D eigenvalue weighted by atomic mass is 10.0. The van der Waals surface area contributed by atoms with Crippen molar-refractivity contribution in [2.45, 2.75) is 46.2 Å². The summed E-state index contributed by atoms with van der Waals surface area (Å²) < 4.78 is 8.59. The van der Waals surface area contributed by atoms with Gasteiger partial charge in [0, 0.05) is 43.5 Å². The Kier molecular flexibility index (Phi) is 7.02. The Bertz CT molecular complexity index is 936. The van der Waals surface area contributed by atoms with Gasteiger partial charge in [-0.05, 0) is 43.9 Å². The van der Waals surface area contributed by atoms with E-state index in [0.29, 0.717) is 29.9 Å². The monoisotopic (exact) mass is 432 g/mol. The number of carbonyl (C=O) groups is 2. The Balaban J connectivity index is 1.62. The molecule has 3 rings (SSSR count). The Labute approximate surface area is 182 Å². The minimum atomic E-state index is -0.341. The van der Waals surface area contributed by atoms with Gasteiger partial charge in [0.2, 0.25) is 5.91 Å². The Hall–Kier alpha value is -2.54. The smallest absolute Gasteiger partial charge is 0.354 e. The van der Waals surface area contributed by atoms with Crippen molar-refractivity contribution in [2.24, 2.45) is 5.92 Å². The highest BCUT2D eigenvalue weighted by molar-refractivity contribution is 6.31. The zero-order chi connectivity index (χ0) is 21.8. The average molecular weight is 433 g/mol. The van der Waals surface area contributed by atoms with Crippen LogP contribution in [0.5, 0.6) is 0 Å². The number of aryl methyl sites for hydroxylation is 1. The number of carbonyl (C=O) groups excluding carboxylic acids is 2. The number of halogens is 1. The molecule has 0 radical (unpaired) electrons. The standard InChI is InChI=1S/C22H29ClN4O3/c1-15(2)14-27-21(23)18(16(3)24-27)7-8-20(28)25-12-9-17(10-13-25)26-11-5-6-19(26)22(29)30-4/h5-8,11,15,17H,9-10,12-14H2,1-4H3/b8-7+. The first-order valence-electron chi connectivity index (χ1n) is 10.3. The second kappa shape index (κ2) is 9.51. The zero-order valence-electron chi connectivity index (χ0n) is 18.0. The van der Waals surface area contributed by atoms with E-state index in [2.05, 4.69) is 18.9 Å². The van der Waals surface area contributed by atoms with Gasteiger partial charge in [-0.25, -0.2) is 4.79 Å². The quantitative estimate of drug-likeness (QED) is 0.511. The van der Waals surface area contributed by atoms with Crippen LogP contribution in [0.2, 0.25) is 5.15 Å². The van der Waals surface area contributed by atoms with Gasteiger partial charge in [0.25, 0.3) is 0 Å². The molecule has 0 N–H and O–H groups in total. The van der Waals surface area contributed by atoms with Gasteiger partial charge in [-0.2, -0.15) is 5.10 Å². The number of aromatic nitrogens is 3. The van der Waals surface area contributed by atoms with Crippen LogP contribution >= 0.6 is 11.6 Å². The molecule has 1 amide bonds. The number of piperidine rings is 1. The first-order chi connectivity index (χ1) is 14.3. The van der Waals surface area contributed by atoms with Crippen molar-refractivity contribution in [3.8, 4) is 0 Å². The third-order valence-corrected chi connectivity index (χ3v) is 5.78. The molecule has 0 spiro atoms. The molecular weight excluding hydrogens is 404 g/mol. The maximum Gasteiger partial charge on any atom is 0.354 e. The van der Waals surface area contributed by atoms with E-state index >= 15 is 0 Å². The lowest BCUT2D eigenvalue weighted by Crippen LogP contribution is -2.38. The van der Waals surface area contributed by atoms with Gasteiger partial charge in [0.15, 0.2) is 0 Å². The summed E-state index contributed by atoms with van der Waals surface area (Å²) in [5.74, 6) is 0.0504. The lowest BCUT2D eigenvalue weighted by molar-refractivity contribution is -0.127. The maximum absolute atomic E-state index is 12.7. The van der Waals surface area contributed by atoms with E-state index in [1.165, 1.54) is 7.11 Å². The summed E-state index contributed by atoms with van der Waals surface area (Å²) in [6, 6.07) is 3.78. The fourth-order valence-corrected chi connectivity index (χ4v) is 4.14. The van der Waals surface area contributed by atoms with Gasteiger partial charge in [-0.1, -0.05) is 25.4 Å². The zero-order valence-corrected chi connectivity index (χ0v) is 18.7. The van der Waals surface area contributed by atoms with Gasteiger partial charge in [-0.3, -0.25) is 9.48 Å². The van der Waals surface area contributed by atoms with E-state index in [0.717, 1.165) is 30.6 Å². The molecule has 0 unspecified atom stereocenters. The van der Waals surface area contributed by atoms with Gasteiger partial charge in [0.1, 0.15) is 10.8 Å². The fraction of sp³-hybridized carbons (Fsp3) is 0.500. The number of hydrogen-bond acceptors (Lipinski definition) is 4. The van der Waals surface area contributed by atoms with Crippen molar-refractivity contribution in [2.75, 3.05) is 20.2 Å². The van der Waals surface area contributed by atoms with E-state index in [4.69, 9.17) is 16.3 Å². The molecule has 1 aliphatic rings. The van der Waals surface area contributed by atoms with Crippen LogP contribution < -0.4 is 0 Å². The lowest BCUT2D eigenvalue weighted by Gasteiger charge is -2.32. The van der Waals surface area contributed by atoms with Crippen LogP contribution in [0.1, 0.15) is 54.5 Å². The predicted octanol–water partition coefficient (Wildman–Crippen LogP) is 3.97. The Morgan fingerprint density at radius 2 is 2.03 bits per heavy atom. The molecule has 1 aliphatic heterocycles. The summed E-state index contributed by atoms with van der Waals surface area (Å²) in [7, 11) is 1.38. The Morgan fingerprint density at radius 1 is 1.33 bits per heavy atom. The van der Waals surface area contributed by atoms with Crippen LogP contribution in [-0.4, -0.2) is 51.3 Å². The molecule has 0 saturated carbocycles. The van der Waals surface area contributed by atoms with Crippen LogP contribution in [0.4, 0.5) is 0 Å². The molecule has 0 atom stereocenters. The SMILES string of the molecule is COC(=O)c1cccn1C1CCN(C(=O)/C=C/c2c(C)nn(CC(C)C)c2Cl)CC1. The van der Waals surface area contributed by atoms with E-state index in [-0.39, 0.29) is 17.9 Å². The molecule has 2 aromatic rings. The summed E-state index contributed by atoms with van der Waals surface area (Å²) in [6.07, 6.45) is 6.80. The topological polar surface area (TPSA) is 69.4 Å². The number of rotatable bonds is 6. The minimum absolute atomic E-state index is 0.0405. The molecule has 0 aromatic carbocycles. The second-order valence-corrected chi connectivity index (χ2v) is 8.41. The van der Waals surface area contributed by atoms with Crippen LogP contribution in [-0.2, 0) is 16.1 Å². The van der Waals surface area contributed by atoms with E-state index in [1.807, 2.05) is 28.7 Å². The highest BCUT2D eigenvalue weighted by Crippen LogP contribution is 2.26. The number of ether oxygens (including phenoxy) is 1. The molecule has 0 bridgehead atoms. The highest BCUT2D eigenvalue weighted by atomic mass is 35.5. The van der Waals surface area contributed by atoms with Crippen LogP contribution in [0, 0.1) is 12.8 Å². The first-order valence-corrected chi connectivity index (χ1v) is 10.6. The fourth-order valence-electron chi connectivity index (χ4n) is 3.84. The molecule has 3 heterocycles. The summed E-state index contributed by atoms with van der Waals surface area (Å²) >= 11 is 6.46. The molecule has 2 aromatic heterocycles. The van der Waals surface area contributed by atoms with Crippen LogP contribution in [0.25, 0.3) is 6.08 Å². The van der Waals surface area contributed by atoms with Crippen molar-refractivity contribution in [1.29, 1.82) is 0 Å². The molecule has 1 saturated heterocycles. The molecule has 1 fully saturated rings.